The summed E-state index contributed by atoms with van der Waals surface area (Å²) in [6, 6.07) is 5.02. The number of nitrogens with one attached hydrogen (secondary N) is 2. The summed E-state index contributed by atoms with van der Waals surface area (Å²) in [6.07, 6.45) is 2.76. The maximum absolute atomic E-state index is 13.3. The van der Waals surface area contributed by atoms with E-state index in [1.165, 1.54) is 18.2 Å². The Morgan fingerprint density at radius 3 is 2.83 bits per heavy atom. The number of urea groups is 1. The van der Waals surface area contributed by atoms with Crippen LogP contribution in [0.25, 0.3) is 11.4 Å². The van der Waals surface area contributed by atoms with Crippen molar-refractivity contribution < 1.29 is 18.8 Å². The molecule has 1 aromatic heterocycles. The summed E-state index contributed by atoms with van der Waals surface area (Å²) in [5.74, 6) is -0.893. The maximum Gasteiger partial charge on any atom is 0.344 e. The van der Waals surface area contributed by atoms with Crippen molar-refractivity contribution in [1.82, 2.24) is 36.0 Å². The number of benzene rings is 1. The third-order valence-electron chi connectivity index (χ3n) is 5.35. The van der Waals surface area contributed by atoms with E-state index >= 15 is 0 Å². The standard InChI is InChI=1S/C18H20FN7O3/c1-11-5-7-18(8-6-11)16(28)26(17(29)20-18)22-14(27)10-25-23-15(21-24-25)12-3-2-4-13(19)9-12/h2-4,9,11H,5-8,10H2,1H3,(H,20,29)(H,22,27). The average molecular weight is 401 g/mol. The van der Waals surface area contributed by atoms with Gasteiger partial charge in [0.25, 0.3) is 11.8 Å². The topological polar surface area (TPSA) is 122 Å². The van der Waals surface area contributed by atoms with E-state index in [2.05, 4.69) is 33.1 Å². The SMILES string of the molecule is CC1CCC2(CC1)NC(=O)N(NC(=O)Cn1nnc(-c3cccc(F)c3)n1)C2=O. The highest BCUT2D eigenvalue weighted by Crippen LogP contribution is 2.35. The number of carbonyl (C=O) groups excluding carboxylic acids is 3. The van der Waals surface area contributed by atoms with E-state index < -0.39 is 29.2 Å². The van der Waals surface area contributed by atoms with Gasteiger partial charge in [0.05, 0.1) is 0 Å². The molecule has 0 unspecified atom stereocenters. The molecule has 1 aliphatic carbocycles. The number of hydrazine groups is 1. The Hall–Kier alpha value is -3.37. The van der Waals surface area contributed by atoms with Crippen LogP contribution in [0.15, 0.2) is 24.3 Å². The summed E-state index contributed by atoms with van der Waals surface area (Å²) >= 11 is 0. The van der Waals surface area contributed by atoms with Gasteiger partial charge < -0.3 is 5.32 Å². The molecular formula is C18H20FN7O3. The van der Waals surface area contributed by atoms with Crippen LogP contribution in [0.3, 0.4) is 0 Å². The number of rotatable bonds is 4. The van der Waals surface area contributed by atoms with Gasteiger partial charge in [-0.2, -0.15) is 9.81 Å². The number of nitrogens with zero attached hydrogens (tertiary/aromatic N) is 5. The lowest BCUT2D eigenvalue weighted by Crippen LogP contribution is -2.52. The third-order valence-corrected chi connectivity index (χ3v) is 5.35. The lowest BCUT2D eigenvalue weighted by molar-refractivity contribution is -0.140. The van der Waals surface area contributed by atoms with Crippen LogP contribution < -0.4 is 10.7 Å². The predicted octanol–water partition coefficient (Wildman–Crippen LogP) is 1.01. The zero-order valence-electron chi connectivity index (χ0n) is 15.8. The number of amides is 4. The van der Waals surface area contributed by atoms with Crippen molar-refractivity contribution in [3.8, 4) is 11.4 Å². The van der Waals surface area contributed by atoms with Crippen molar-refractivity contribution in [2.24, 2.45) is 5.92 Å². The minimum atomic E-state index is -0.938. The number of hydrogen-bond acceptors (Lipinski definition) is 6. The summed E-state index contributed by atoms with van der Waals surface area (Å²) in [5, 5.41) is 15.0. The minimum absolute atomic E-state index is 0.155. The van der Waals surface area contributed by atoms with E-state index in [0.29, 0.717) is 24.3 Å². The molecule has 2 aromatic rings. The van der Waals surface area contributed by atoms with E-state index in [0.717, 1.165) is 22.6 Å². The fourth-order valence-corrected chi connectivity index (χ4v) is 3.66. The molecular weight excluding hydrogens is 381 g/mol. The first kappa shape index (κ1) is 19.0. The van der Waals surface area contributed by atoms with Gasteiger partial charge in [-0.15, -0.1) is 10.2 Å². The molecule has 2 aliphatic rings. The van der Waals surface area contributed by atoms with Gasteiger partial charge in [-0.1, -0.05) is 19.1 Å². The Labute approximate surface area is 165 Å². The fourth-order valence-electron chi connectivity index (χ4n) is 3.66. The Balaban J connectivity index is 1.40. The van der Waals surface area contributed by atoms with Crippen molar-refractivity contribution in [1.29, 1.82) is 0 Å². The van der Waals surface area contributed by atoms with Gasteiger partial charge in [0.15, 0.2) is 0 Å². The van der Waals surface area contributed by atoms with Crippen molar-refractivity contribution >= 4 is 17.8 Å². The monoisotopic (exact) mass is 401 g/mol. The molecule has 2 fully saturated rings. The van der Waals surface area contributed by atoms with Crippen LogP contribution >= 0.6 is 0 Å². The maximum atomic E-state index is 13.3. The highest BCUT2D eigenvalue weighted by Gasteiger charge is 2.52. The van der Waals surface area contributed by atoms with Gasteiger partial charge in [0.1, 0.15) is 17.9 Å². The first-order chi connectivity index (χ1) is 13.9. The number of aromatic nitrogens is 4. The van der Waals surface area contributed by atoms with Crippen molar-refractivity contribution in [2.75, 3.05) is 0 Å². The molecule has 1 spiro atoms. The van der Waals surface area contributed by atoms with Gasteiger partial charge >= 0.3 is 6.03 Å². The summed E-state index contributed by atoms with van der Waals surface area (Å²) in [4.78, 5) is 38.3. The highest BCUT2D eigenvalue weighted by atomic mass is 19.1. The normalized spacial score (nSPS) is 24.1. The summed E-state index contributed by atoms with van der Waals surface area (Å²) in [5.41, 5.74) is 1.79. The van der Waals surface area contributed by atoms with Crippen LogP contribution in [0.1, 0.15) is 32.6 Å². The van der Waals surface area contributed by atoms with Gasteiger partial charge in [-0.05, 0) is 48.9 Å². The van der Waals surface area contributed by atoms with Crippen LogP contribution in [0.5, 0.6) is 0 Å². The Morgan fingerprint density at radius 2 is 2.10 bits per heavy atom. The van der Waals surface area contributed by atoms with Gasteiger partial charge in [0.2, 0.25) is 5.82 Å². The Kier molecular flexibility index (Phi) is 4.73. The molecule has 1 aromatic carbocycles. The van der Waals surface area contributed by atoms with Crippen molar-refractivity contribution in [3.05, 3.63) is 30.1 Å². The number of hydrogen-bond donors (Lipinski definition) is 2. The summed E-state index contributed by atoms with van der Waals surface area (Å²) in [6.45, 7) is 1.75. The lowest BCUT2D eigenvalue weighted by atomic mass is 9.77. The van der Waals surface area contributed by atoms with Gasteiger partial charge in [0, 0.05) is 5.56 Å². The van der Waals surface area contributed by atoms with Crippen LogP contribution in [0.4, 0.5) is 9.18 Å². The third kappa shape index (κ3) is 3.67. The molecule has 152 valence electrons. The van der Waals surface area contributed by atoms with Crippen LogP contribution in [-0.2, 0) is 16.1 Å². The molecule has 2 heterocycles. The molecule has 0 bridgehead atoms. The second-order valence-electron chi connectivity index (χ2n) is 7.52. The second-order valence-corrected chi connectivity index (χ2v) is 7.52. The molecule has 1 saturated heterocycles. The lowest BCUT2D eigenvalue weighted by Gasteiger charge is -2.33. The quantitative estimate of drug-likeness (QED) is 0.738. The molecule has 29 heavy (non-hydrogen) atoms. The smallest absolute Gasteiger partial charge is 0.322 e. The number of halogens is 1. The molecule has 2 N–H and O–H groups in total. The molecule has 11 heteroatoms. The van der Waals surface area contributed by atoms with Crippen LogP contribution in [-0.4, -0.2) is 48.6 Å². The zero-order chi connectivity index (χ0) is 20.6. The van der Waals surface area contributed by atoms with E-state index in [-0.39, 0.29) is 12.4 Å². The Morgan fingerprint density at radius 1 is 1.34 bits per heavy atom. The van der Waals surface area contributed by atoms with E-state index in [9.17, 15) is 18.8 Å². The summed E-state index contributed by atoms with van der Waals surface area (Å²) < 4.78 is 13.3. The fraction of sp³-hybridized carbons (Fsp3) is 0.444. The number of imide groups is 1. The van der Waals surface area contributed by atoms with E-state index in [1.54, 1.807) is 6.07 Å². The van der Waals surface area contributed by atoms with Crippen LogP contribution in [0, 0.1) is 11.7 Å². The zero-order valence-corrected chi connectivity index (χ0v) is 15.8. The molecule has 0 atom stereocenters. The molecule has 1 saturated carbocycles. The molecule has 0 radical (unpaired) electrons. The van der Waals surface area contributed by atoms with Crippen LogP contribution in [0.2, 0.25) is 0 Å². The molecule has 10 nitrogen and oxygen atoms in total. The van der Waals surface area contributed by atoms with E-state index in [4.69, 9.17) is 0 Å². The van der Waals surface area contributed by atoms with Crippen molar-refractivity contribution in [2.45, 2.75) is 44.7 Å². The second kappa shape index (κ2) is 7.22. The largest absolute Gasteiger partial charge is 0.344 e. The molecule has 1 aliphatic heterocycles. The highest BCUT2D eigenvalue weighted by molar-refractivity contribution is 6.07. The summed E-state index contributed by atoms with van der Waals surface area (Å²) in [7, 11) is 0. The number of tetrazole rings is 1. The number of carbonyl (C=O) groups is 3. The Bertz CT molecular complexity index is 968. The first-order valence-electron chi connectivity index (χ1n) is 9.36. The molecule has 4 amide bonds. The van der Waals surface area contributed by atoms with E-state index in [1.807, 2.05) is 0 Å². The first-order valence-corrected chi connectivity index (χ1v) is 9.36. The van der Waals surface area contributed by atoms with Gasteiger partial charge in [-0.25, -0.2) is 9.18 Å². The predicted molar refractivity (Wildman–Crippen MR) is 97.1 cm³/mol. The van der Waals surface area contributed by atoms with Crippen molar-refractivity contribution in [3.63, 3.8) is 0 Å². The molecule has 4 rings (SSSR count). The average Bonchev–Trinajstić information content (AvgIpc) is 3.23. The van der Waals surface area contributed by atoms with Gasteiger partial charge in [-0.3, -0.25) is 15.0 Å². The minimum Gasteiger partial charge on any atom is -0.322 e.